The van der Waals surface area contributed by atoms with Gasteiger partial charge < -0.3 is 14.5 Å². The molecule has 1 amide bonds. The van der Waals surface area contributed by atoms with Crippen molar-refractivity contribution in [1.82, 2.24) is 15.0 Å². The number of aromatic nitrogens is 3. The Morgan fingerprint density at radius 1 is 1.10 bits per heavy atom. The molecule has 0 radical (unpaired) electrons. The van der Waals surface area contributed by atoms with E-state index in [-0.39, 0.29) is 16.2 Å². The van der Waals surface area contributed by atoms with Crippen molar-refractivity contribution < 1.29 is 14.3 Å². The van der Waals surface area contributed by atoms with Gasteiger partial charge in [-0.2, -0.15) is 0 Å². The third kappa shape index (κ3) is 3.46. The normalized spacial score (nSPS) is 12.7. The number of benzene rings is 2. The minimum atomic E-state index is -0.334. The molecule has 2 aromatic carbocycles. The van der Waals surface area contributed by atoms with Crippen molar-refractivity contribution in [3.8, 4) is 22.8 Å². The number of H-pyrrole nitrogens is 2. The van der Waals surface area contributed by atoms with Crippen LogP contribution in [-0.2, 0) is 0 Å². The number of anilines is 1. The largest absolute Gasteiger partial charge is 0.486 e. The van der Waals surface area contributed by atoms with E-state index in [4.69, 9.17) is 21.7 Å². The van der Waals surface area contributed by atoms with Gasteiger partial charge in [0.2, 0.25) is 0 Å². The van der Waals surface area contributed by atoms with Crippen LogP contribution < -0.4 is 20.3 Å². The number of ether oxygens (including phenoxy) is 2. The fraction of sp³-hybridized carbons (Fsp3) is 0.100. The van der Waals surface area contributed by atoms with Crippen LogP contribution in [0.4, 0.5) is 5.13 Å². The monoisotopic (exact) mass is 438 g/mol. The van der Waals surface area contributed by atoms with Gasteiger partial charge in [-0.05, 0) is 48.6 Å². The maximum atomic E-state index is 12.7. The predicted octanol–water partition coefficient (Wildman–Crippen LogP) is 3.73. The molecule has 2 aromatic heterocycles. The van der Waals surface area contributed by atoms with Gasteiger partial charge in [-0.25, -0.2) is 4.98 Å². The molecule has 3 heterocycles. The van der Waals surface area contributed by atoms with Crippen LogP contribution in [0.3, 0.4) is 0 Å². The smallest absolute Gasteiger partial charge is 0.259 e. The number of carbonyl (C=O) groups excluding carboxylic acids is 1. The zero-order valence-corrected chi connectivity index (χ0v) is 17.0. The Balaban J connectivity index is 1.38. The van der Waals surface area contributed by atoms with E-state index in [0.29, 0.717) is 46.3 Å². The second-order valence-electron chi connectivity index (χ2n) is 6.52. The van der Waals surface area contributed by atoms with Crippen molar-refractivity contribution in [3.63, 3.8) is 0 Å². The Morgan fingerprint density at radius 3 is 2.80 bits per heavy atom. The van der Waals surface area contributed by atoms with Gasteiger partial charge in [0, 0.05) is 16.5 Å². The van der Waals surface area contributed by atoms with Gasteiger partial charge in [-0.1, -0.05) is 0 Å². The van der Waals surface area contributed by atoms with Crippen LogP contribution in [0.25, 0.3) is 22.2 Å². The van der Waals surface area contributed by atoms with Crippen LogP contribution in [0, 0.1) is 4.77 Å². The first-order valence-corrected chi connectivity index (χ1v) is 10.3. The molecular formula is C20H14N4O4S2. The third-order valence-electron chi connectivity index (χ3n) is 4.56. The van der Waals surface area contributed by atoms with Gasteiger partial charge >= 0.3 is 0 Å². The number of amides is 1. The molecule has 4 aromatic rings. The standard InChI is InChI=1S/C20H14N4O4S2/c25-17(11-1-3-12-13(7-11)21-19(29)23-18(12)26)24-20-22-14(9-30-20)10-2-4-15-16(8-10)28-6-5-27-15/h1-4,7-9H,5-6H2,(H,22,24,25)(H2,21,23,26,29). The summed E-state index contributed by atoms with van der Waals surface area (Å²) in [5.74, 6) is 1.06. The van der Waals surface area contributed by atoms with E-state index in [1.54, 1.807) is 18.2 Å². The first-order chi connectivity index (χ1) is 14.6. The van der Waals surface area contributed by atoms with Crippen LogP contribution in [0.2, 0.25) is 0 Å². The van der Waals surface area contributed by atoms with Crippen LogP contribution in [-0.4, -0.2) is 34.1 Å². The van der Waals surface area contributed by atoms with Crippen molar-refractivity contribution in [2.45, 2.75) is 0 Å². The Bertz CT molecular complexity index is 1410. The fourth-order valence-electron chi connectivity index (χ4n) is 3.15. The number of rotatable bonds is 3. The molecule has 0 fully saturated rings. The number of nitrogens with zero attached hydrogens (tertiary/aromatic N) is 1. The Labute approximate surface area is 178 Å². The van der Waals surface area contributed by atoms with Crippen molar-refractivity contribution in [3.05, 3.63) is 62.5 Å². The topological polar surface area (TPSA) is 109 Å². The summed E-state index contributed by atoms with van der Waals surface area (Å²) in [5, 5.41) is 5.54. The Kier molecular flexibility index (Phi) is 4.57. The minimum Gasteiger partial charge on any atom is -0.486 e. The lowest BCUT2D eigenvalue weighted by atomic mass is 10.1. The molecule has 3 N–H and O–H groups in total. The van der Waals surface area contributed by atoms with E-state index in [0.717, 1.165) is 11.3 Å². The van der Waals surface area contributed by atoms with E-state index in [2.05, 4.69) is 20.3 Å². The molecule has 30 heavy (non-hydrogen) atoms. The number of aromatic amines is 2. The lowest BCUT2D eigenvalue weighted by molar-refractivity contribution is 0.102. The average Bonchev–Trinajstić information content (AvgIpc) is 3.21. The number of hydrogen-bond acceptors (Lipinski definition) is 7. The van der Waals surface area contributed by atoms with Gasteiger partial charge in [0.15, 0.2) is 21.4 Å². The van der Waals surface area contributed by atoms with E-state index in [1.165, 1.54) is 11.3 Å². The quantitative estimate of drug-likeness (QED) is 0.421. The maximum absolute atomic E-state index is 12.7. The number of thiazole rings is 1. The van der Waals surface area contributed by atoms with Crippen LogP contribution in [0.15, 0.2) is 46.6 Å². The van der Waals surface area contributed by atoms with E-state index >= 15 is 0 Å². The number of carbonyl (C=O) groups is 1. The highest BCUT2D eigenvalue weighted by Gasteiger charge is 2.15. The summed E-state index contributed by atoms with van der Waals surface area (Å²) in [6, 6.07) is 10.4. The molecule has 0 bridgehead atoms. The molecule has 1 aliphatic rings. The van der Waals surface area contributed by atoms with Crippen molar-refractivity contribution in [2.75, 3.05) is 18.5 Å². The predicted molar refractivity (Wildman–Crippen MR) is 116 cm³/mol. The summed E-state index contributed by atoms with van der Waals surface area (Å²) in [5.41, 5.74) is 2.17. The molecule has 0 saturated carbocycles. The molecule has 0 spiro atoms. The van der Waals surface area contributed by atoms with E-state index in [1.807, 2.05) is 23.6 Å². The van der Waals surface area contributed by atoms with Crippen LogP contribution >= 0.6 is 23.6 Å². The number of nitrogens with one attached hydrogen (secondary N) is 3. The highest BCUT2D eigenvalue weighted by atomic mass is 32.1. The molecule has 1 aliphatic heterocycles. The summed E-state index contributed by atoms with van der Waals surface area (Å²) in [7, 11) is 0. The molecule has 8 nitrogen and oxygen atoms in total. The van der Waals surface area contributed by atoms with Crippen molar-refractivity contribution in [2.24, 2.45) is 0 Å². The second-order valence-corrected chi connectivity index (χ2v) is 7.79. The summed E-state index contributed by atoms with van der Waals surface area (Å²) in [4.78, 5) is 34.5. The van der Waals surface area contributed by atoms with Crippen LogP contribution in [0.1, 0.15) is 10.4 Å². The molecule has 150 valence electrons. The molecule has 0 aliphatic carbocycles. The molecular weight excluding hydrogens is 424 g/mol. The first kappa shape index (κ1) is 18.5. The molecule has 10 heteroatoms. The third-order valence-corrected chi connectivity index (χ3v) is 5.53. The van der Waals surface area contributed by atoms with E-state index < -0.39 is 0 Å². The van der Waals surface area contributed by atoms with Gasteiger partial charge in [0.05, 0.1) is 16.6 Å². The minimum absolute atomic E-state index is 0.203. The number of fused-ring (bicyclic) bond motifs is 2. The van der Waals surface area contributed by atoms with Gasteiger partial charge in [0.1, 0.15) is 13.2 Å². The SMILES string of the molecule is O=C(Nc1nc(-c2ccc3c(c2)OCCO3)cs1)c1ccc2c(=O)[nH]c(=S)[nH]c2c1. The van der Waals surface area contributed by atoms with Crippen LogP contribution in [0.5, 0.6) is 11.5 Å². The average molecular weight is 438 g/mol. The molecule has 0 saturated heterocycles. The van der Waals surface area contributed by atoms with E-state index in [9.17, 15) is 9.59 Å². The lowest BCUT2D eigenvalue weighted by Gasteiger charge is -2.18. The Morgan fingerprint density at radius 2 is 1.93 bits per heavy atom. The number of hydrogen-bond donors (Lipinski definition) is 3. The fourth-order valence-corrected chi connectivity index (χ4v) is 4.06. The summed E-state index contributed by atoms with van der Waals surface area (Å²) >= 11 is 6.31. The lowest BCUT2D eigenvalue weighted by Crippen LogP contribution is -2.15. The molecule has 0 atom stereocenters. The zero-order valence-electron chi connectivity index (χ0n) is 15.4. The maximum Gasteiger partial charge on any atom is 0.259 e. The highest BCUT2D eigenvalue weighted by Crippen LogP contribution is 2.35. The summed E-state index contributed by atoms with van der Waals surface area (Å²) in [6.07, 6.45) is 0. The van der Waals surface area contributed by atoms with Gasteiger partial charge in [0.25, 0.3) is 11.5 Å². The summed E-state index contributed by atoms with van der Waals surface area (Å²) in [6.45, 7) is 1.05. The van der Waals surface area contributed by atoms with Gasteiger partial charge in [-0.15, -0.1) is 11.3 Å². The molecule has 5 rings (SSSR count). The first-order valence-electron chi connectivity index (χ1n) is 9.00. The van der Waals surface area contributed by atoms with Crippen molar-refractivity contribution >= 4 is 45.5 Å². The Hall–Kier alpha value is -3.50. The van der Waals surface area contributed by atoms with Gasteiger partial charge in [-0.3, -0.25) is 19.9 Å². The second kappa shape index (κ2) is 7.39. The zero-order chi connectivity index (χ0) is 20.7. The highest BCUT2D eigenvalue weighted by molar-refractivity contribution is 7.71. The molecule has 0 unspecified atom stereocenters. The summed E-state index contributed by atoms with van der Waals surface area (Å²) < 4.78 is 11.4. The van der Waals surface area contributed by atoms with Crippen molar-refractivity contribution in [1.29, 1.82) is 0 Å².